The third-order valence-corrected chi connectivity index (χ3v) is 2.82. The van der Waals surface area contributed by atoms with Gasteiger partial charge in [-0.2, -0.15) is 0 Å². The number of fused-ring (bicyclic) bond motifs is 1. The highest BCUT2D eigenvalue weighted by Gasteiger charge is 2.17. The quantitative estimate of drug-likeness (QED) is 0.818. The molecule has 0 aliphatic rings. The molecule has 2 N–H and O–H groups in total. The summed E-state index contributed by atoms with van der Waals surface area (Å²) >= 11 is 0. The molecule has 3 heteroatoms. The SMILES string of the molecule is COc1ccc2nc(C(C)(C)C)cc(N)c2c1. The maximum Gasteiger partial charge on any atom is 0.119 e. The predicted octanol–water partition coefficient (Wildman–Crippen LogP) is 3.12. The second-order valence-corrected chi connectivity index (χ2v) is 5.23. The van der Waals surface area contributed by atoms with Crippen LogP contribution < -0.4 is 10.5 Å². The summed E-state index contributed by atoms with van der Waals surface area (Å²) in [6, 6.07) is 7.72. The van der Waals surface area contributed by atoms with Gasteiger partial charge in [-0.1, -0.05) is 20.8 Å². The molecule has 0 unspecified atom stereocenters. The van der Waals surface area contributed by atoms with Crippen molar-refractivity contribution in [2.75, 3.05) is 12.8 Å². The summed E-state index contributed by atoms with van der Waals surface area (Å²) in [7, 11) is 1.65. The van der Waals surface area contributed by atoms with Crippen LogP contribution in [-0.2, 0) is 5.41 Å². The van der Waals surface area contributed by atoms with Crippen molar-refractivity contribution in [3.63, 3.8) is 0 Å². The number of hydrogen-bond acceptors (Lipinski definition) is 3. The van der Waals surface area contributed by atoms with E-state index in [4.69, 9.17) is 10.5 Å². The Balaban J connectivity index is 2.68. The van der Waals surface area contributed by atoms with Gasteiger partial charge in [0.2, 0.25) is 0 Å². The van der Waals surface area contributed by atoms with Gasteiger partial charge in [0.15, 0.2) is 0 Å². The van der Waals surface area contributed by atoms with Crippen LogP contribution in [0.1, 0.15) is 26.5 Å². The summed E-state index contributed by atoms with van der Waals surface area (Å²) < 4.78 is 5.19. The average molecular weight is 230 g/mol. The van der Waals surface area contributed by atoms with Crippen molar-refractivity contribution in [1.29, 1.82) is 0 Å². The molecule has 3 nitrogen and oxygen atoms in total. The Kier molecular flexibility index (Phi) is 2.69. The van der Waals surface area contributed by atoms with E-state index < -0.39 is 0 Å². The van der Waals surface area contributed by atoms with Crippen LogP contribution in [0.25, 0.3) is 10.9 Å². The molecule has 2 aromatic rings. The summed E-state index contributed by atoms with van der Waals surface area (Å²) in [6.07, 6.45) is 0. The molecule has 17 heavy (non-hydrogen) atoms. The molecule has 0 saturated heterocycles. The average Bonchev–Trinajstić information content (AvgIpc) is 2.27. The molecular weight excluding hydrogens is 212 g/mol. The molecule has 0 saturated carbocycles. The van der Waals surface area contributed by atoms with Crippen LogP contribution in [0.4, 0.5) is 5.69 Å². The topological polar surface area (TPSA) is 48.1 Å². The molecule has 0 spiro atoms. The van der Waals surface area contributed by atoms with E-state index in [2.05, 4.69) is 25.8 Å². The zero-order chi connectivity index (χ0) is 12.6. The van der Waals surface area contributed by atoms with Crippen molar-refractivity contribution >= 4 is 16.6 Å². The number of methoxy groups -OCH3 is 1. The lowest BCUT2D eigenvalue weighted by molar-refractivity contribution is 0.415. The fraction of sp³-hybridized carbons (Fsp3) is 0.357. The number of nitrogens with two attached hydrogens (primary N) is 1. The van der Waals surface area contributed by atoms with E-state index in [0.29, 0.717) is 0 Å². The van der Waals surface area contributed by atoms with Gasteiger partial charge in [-0.05, 0) is 24.3 Å². The Morgan fingerprint density at radius 3 is 2.47 bits per heavy atom. The molecule has 1 heterocycles. The minimum Gasteiger partial charge on any atom is -0.497 e. The second kappa shape index (κ2) is 3.91. The van der Waals surface area contributed by atoms with Gasteiger partial charge >= 0.3 is 0 Å². The van der Waals surface area contributed by atoms with Gasteiger partial charge in [-0.25, -0.2) is 0 Å². The fourth-order valence-corrected chi connectivity index (χ4v) is 1.74. The van der Waals surface area contributed by atoms with Crippen LogP contribution in [0, 0.1) is 0 Å². The Morgan fingerprint density at radius 1 is 1.18 bits per heavy atom. The maximum atomic E-state index is 6.08. The Hall–Kier alpha value is -1.77. The summed E-state index contributed by atoms with van der Waals surface area (Å²) in [5, 5.41) is 0.942. The predicted molar refractivity (Wildman–Crippen MR) is 71.4 cm³/mol. The van der Waals surface area contributed by atoms with Gasteiger partial charge < -0.3 is 10.5 Å². The third-order valence-electron chi connectivity index (χ3n) is 2.82. The van der Waals surface area contributed by atoms with E-state index in [1.807, 2.05) is 24.3 Å². The lowest BCUT2D eigenvalue weighted by Crippen LogP contribution is -2.14. The van der Waals surface area contributed by atoms with Crippen molar-refractivity contribution in [1.82, 2.24) is 4.98 Å². The molecule has 0 fully saturated rings. The highest BCUT2D eigenvalue weighted by Crippen LogP contribution is 2.29. The number of hydrogen-bond donors (Lipinski definition) is 1. The van der Waals surface area contributed by atoms with E-state index in [1.165, 1.54) is 0 Å². The fourth-order valence-electron chi connectivity index (χ4n) is 1.74. The van der Waals surface area contributed by atoms with Crippen molar-refractivity contribution < 1.29 is 4.74 Å². The zero-order valence-corrected chi connectivity index (χ0v) is 10.7. The van der Waals surface area contributed by atoms with Crippen LogP contribution in [-0.4, -0.2) is 12.1 Å². The molecule has 0 amide bonds. The largest absolute Gasteiger partial charge is 0.497 e. The van der Waals surface area contributed by atoms with Crippen molar-refractivity contribution in [2.45, 2.75) is 26.2 Å². The molecule has 0 aliphatic heterocycles. The maximum absolute atomic E-state index is 6.08. The molecule has 1 aromatic heterocycles. The van der Waals surface area contributed by atoms with Crippen LogP contribution >= 0.6 is 0 Å². The Morgan fingerprint density at radius 2 is 1.88 bits per heavy atom. The zero-order valence-electron chi connectivity index (χ0n) is 10.7. The van der Waals surface area contributed by atoms with Gasteiger partial charge in [-0.15, -0.1) is 0 Å². The number of benzene rings is 1. The monoisotopic (exact) mass is 230 g/mol. The molecular formula is C14H18N2O. The lowest BCUT2D eigenvalue weighted by atomic mass is 9.91. The first-order chi connectivity index (χ1) is 7.91. The summed E-state index contributed by atoms with van der Waals surface area (Å²) in [6.45, 7) is 6.39. The third kappa shape index (κ3) is 2.18. The molecule has 1 aromatic carbocycles. The molecule has 90 valence electrons. The van der Waals surface area contributed by atoms with E-state index >= 15 is 0 Å². The first kappa shape index (κ1) is 11.7. The standard InChI is InChI=1S/C14H18N2O/c1-14(2,3)13-8-11(15)10-7-9(17-4)5-6-12(10)16-13/h5-8H,1-4H3,(H2,15,16). The summed E-state index contributed by atoms with van der Waals surface area (Å²) in [4.78, 5) is 4.65. The lowest BCUT2D eigenvalue weighted by Gasteiger charge is -2.19. The Labute approximate surface area is 102 Å². The minimum absolute atomic E-state index is 0.00222. The number of pyridine rings is 1. The smallest absolute Gasteiger partial charge is 0.119 e. The first-order valence-electron chi connectivity index (χ1n) is 5.66. The highest BCUT2D eigenvalue weighted by atomic mass is 16.5. The van der Waals surface area contributed by atoms with Crippen molar-refractivity contribution in [3.8, 4) is 5.75 Å². The highest BCUT2D eigenvalue weighted by molar-refractivity contribution is 5.91. The second-order valence-electron chi connectivity index (χ2n) is 5.23. The molecule has 0 bridgehead atoms. The first-order valence-corrected chi connectivity index (χ1v) is 5.66. The number of aromatic nitrogens is 1. The molecule has 2 rings (SSSR count). The normalized spacial score (nSPS) is 11.8. The van der Waals surface area contributed by atoms with Gasteiger partial charge in [0.1, 0.15) is 5.75 Å². The van der Waals surface area contributed by atoms with Crippen molar-refractivity contribution in [3.05, 3.63) is 30.0 Å². The van der Waals surface area contributed by atoms with Crippen LogP contribution in [0.2, 0.25) is 0 Å². The molecule has 0 atom stereocenters. The number of ether oxygens (including phenoxy) is 1. The van der Waals surface area contributed by atoms with E-state index in [0.717, 1.165) is 28.0 Å². The number of nitrogens with zero attached hydrogens (tertiary/aromatic N) is 1. The van der Waals surface area contributed by atoms with Crippen LogP contribution in [0.5, 0.6) is 5.75 Å². The number of nitrogen functional groups attached to an aromatic ring is 1. The van der Waals surface area contributed by atoms with Gasteiger partial charge in [0.25, 0.3) is 0 Å². The number of anilines is 1. The van der Waals surface area contributed by atoms with Gasteiger partial charge in [-0.3, -0.25) is 4.98 Å². The van der Waals surface area contributed by atoms with Gasteiger partial charge in [0, 0.05) is 22.2 Å². The van der Waals surface area contributed by atoms with Crippen LogP contribution in [0.3, 0.4) is 0 Å². The van der Waals surface area contributed by atoms with E-state index in [9.17, 15) is 0 Å². The minimum atomic E-state index is 0.00222. The number of rotatable bonds is 1. The molecule has 0 radical (unpaired) electrons. The van der Waals surface area contributed by atoms with Crippen LogP contribution in [0.15, 0.2) is 24.3 Å². The summed E-state index contributed by atoms with van der Waals surface area (Å²) in [5.74, 6) is 0.800. The summed E-state index contributed by atoms with van der Waals surface area (Å²) in [5.41, 5.74) is 8.75. The van der Waals surface area contributed by atoms with Crippen molar-refractivity contribution in [2.24, 2.45) is 0 Å². The van der Waals surface area contributed by atoms with E-state index in [1.54, 1.807) is 7.11 Å². The molecule has 0 aliphatic carbocycles. The van der Waals surface area contributed by atoms with E-state index in [-0.39, 0.29) is 5.41 Å². The Bertz CT molecular complexity index is 556. The van der Waals surface area contributed by atoms with Gasteiger partial charge in [0.05, 0.1) is 12.6 Å².